The van der Waals surface area contributed by atoms with Crippen molar-refractivity contribution in [3.05, 3.63) is 107 Å². The molecule has 624 valence electrons. The SMILES string of the molecule is CC(C)C[C@H](NC(=O)[C@H](CCCCNC(=O)CCCC(=O)OC[C@H]1O[C@@H](n2ccc(N)nc2=O)C(F)(F)[C@@H]1O)NC(=O)[C@H](Cc1ccc(O)cc1)NC(=O)[C@H](CO)NC(=O)[C@H](Cc1c[nH]c2ccccc12)NC(=O)[C@H](Cc1cnc[nH]1)NC(=O)C1CCC(=O)N1)C(=O)N[C@@H](CCCNC(=N)N)C(=O)N1CCC[C@H]1C(=O)NCC(N)=O. The highest BCUT2D eigenvalue weighted by Gasteiger charge is 2.60. The number of nitrogens with zero attached hydrogens (tertiary/aromatic N) is 4. The number of nitrogens with one attached hydrogen (secondary N) is 14. The van der Waals surface area contributed by atoms with Crippen LogP contribution >= 0.6 is 0 Å². The first-order valence-electron chi connectivity index (χ1n) is 37.5. The molecule has 8 rings (SSSR count). The molecule has 0 radical (unpaired) electrons. The number of rotatable bonds is 43. The number of carbonyl (C=O) groups is 13. The molecule has 0 spiro atoms. The lowest BCUT2D eigenvalue weighted by molar-refractivity contribution is -0.151. The van der Waals surface area contributed by atoms with Crippen LogP contribution in [0.25, 0.3) is 10.9 Å². The average molecular weight is 1610 g/mol. The van der Waals surface area contributed by atoms with Gasteiger partial charge in [-0.05, 0) is 106 Å². The van der Waals surface area contributed by atoms with Crippen molar-refractivity contribution in [1.29, 1.82) is 5.41 Å². The Labute approximate surface area is 656 Å². The Morgan fingerprint density at radius 3 is 2.02 bits per heavy atom. The summed E-state index contributed by atoms with van der Waals surface area (Å²) in [5, 5.41) is 68.7. The third-order valence-corrected chi connectivity index (χ3v) is 19.2. The smallest absolute Gasteiger partial charge is 0.351 e. The molecule has 0 saturated carbocycles. The number of H-pyrrole nitrogens is 2. The van der Waals surface area contributed by atoms with Gasteiger partial charge in [0.15, 0.2) is 12.1 Å². The predicted molar refractivity (Wildman–Crippen MR) is 403 cm³/mol. The number of fused-ring (bicyclic) bond motifs is 1. The number of aromatic hydroxyl groups is 1. The monoisotopic (exact) mass is 1610 g/mol. The minimum Gasteiger partial charge on any atom is -0.508 e. The summed E-state index contributed by atoms with van der Waals surface area (Å²) in [6.45, 7) is 1.08. The number of hydrogen-bond acceptors (Lipinski definition) is 23. The standard InChI is InChI=1S/C73H99F2N21O19/c1-38(2)28-48(63(106)88-47(13-8-25-82-71(78)79)69(112)95-26-9-14-53(95)68(111)84-34-56(77)99)89-61(104)45(12-5-6-24-81-57(100)15-7-16-59(102)114-36-54-60(103)73(74,75)70(115-54)96-27-23-55(76)94-72(96)113)87-64(107)49(29-39-17-19-42(98)20-18-39)90-67(110)52(35-97)93-65(108)50(30-40-32-83-44-11-4-3-10-43(40)44)91-66(109)51(31-41-33-80-37-85-41)92-62(105)46-21-22-58(101)86-46/h3-4,10-11,17-20,23,27,32-33,37-38,45-54,60,70,83,97-98,103H,5-9,12-16,21-22,24-26,28-31,34-36H2,1-2H3,(H2,77,99)(H,80,85)(H,81,100)(H,84,111)(H,86,101)(H,87,107)(H,88,106)(H,89,104)(H,90,110)(H,91,109)(H,92,105)(H,93,108)(H2,76,94,113)(H4,78,79,82)/t45-,46?,47-,48-,49-,50-,51-,52-,53-,54+,60+,70+/m0/s1. The number of unbranched alkanes of at least 4 members (excludes halogenated alkanes) is 1. The van der Waals surface area contributed by atoms with Gasteiger partial charge in [0.25, 0.3) is 0 Å². The zero-order valence-corrected chi connectivity index (χ0v) is 63.2. The number of amides is 12. The number of primary amides is 1. The fourth-order valence-electron chi connectivity index (χ4n) is 13.2. The van der Waals surface area contributed by atoms with E-state index >= 15 is 18.4 Å². The summed E-state index contributed by atoms with van der Waals surface area (Å²) in [6, 6.07) is 0.521. The molecule has 3 saturated heterocycles. The lowest BCUT2D eigenvalue weighted by Gasteiger charge is -2.31. The van der Waals surface area contributed by atoms with Gasteiger partial charge >= 0.3 is 17.6 Å². The van der Waals surface area contributed by atoms with Crippen LogP contribution in [0.3, 0.4) is 0 Å². The van der Waals surface area contributed by atoms with Crippen molar-refractivity contribution in [1.82, 2.24) is 87.9 Å². The van der Waals surface area contributed by atoms with E-state index in [1.807, 2.05) is 0 Å². The number of phenolic OH excluding ortho intramolecular Hbond substituents is 1. The number of carbonyl (C=O) groups excluding carboxylic acids is 13. The molecule has 2 aromatic carbocycles. The average Bonchev–Trinajstić information content (AvgIpc) is 1.62. The van der Waals surface area contributed by atoms with Crippen molar-refractivity contribution in [2.75, 3.05) is 45.1 Å². The molecule has 3 aliphatic heterocycles. The van der Waals surface area contributed by atoms with Crippen molar-refractivity contribution in [3.63, 3.8) is 0 Å². The van der Waals surface area contributed by atoms with Crippen molar-refractivity contribution in [2.45, 2.75) is 195 Å². The molecule has 0 aliphatic carbocycles. The minimum atomic E-state index is -4.03. The van der Waals surface area contributed by atoms with Gasteiger partial charge < -0.3 is 115 Å². The van der Waals surface area contributed by atoms with Gasteiger partial charge in [-0.1, -0.05) is 44.2 Å². The highest BCUT2D eigenvalue weighted by atomic mass is 19.3. The number of para-hydroxylation sites is 1. The number of aromatic nitrogens is 5. The summed E-state index contributed by atoms with van der Waals surface area (Å²) >= 11 is 0. The lowest BCUT2D eigenvalue weighted by Crippen LogP contribution is -2.61. The number of benzene rings is 2. The lowest BCUT2D eigenvalue weighted by atomic mass is 10.00. The summed E-state index contributed by atoms with van der Waals surface area (Å²) in [4.78, 5) is 207. The molecule has 42 heteroatoms. The number of anilines is 1. The van der Waals surface area contributed by atoms with E-state index < -0.39 is 182 Å². The number of nitrogens with two attached hydrogens (primary N) is 3. The first-order chi connectivity index (χ1) is 54.8. The third kappa shape index (κ3) is 25.9. The highest BCUT2D eigenvalue weighted by Crippen LogP contribution is 2.42. The fraction of sp³-hybridized carbons (Fsp3) is 0.521. The number of aromatic amines is 2. The predicted octanol–water partition coefficient (Wildman–Crippen LogP) is -4.08. The Hall–Kier alpha value is -12.2. The molecule has 12 amide bonds. The maximum Gasteiger partial charge on any atom is 0.351 e. The number of ether oxygens (including phenoxy) is 2. The molecule has 40 nitrogen and oxygen atoms in total. The van der Waals surface area contributed by atoms with Gasteiger partial charge in [0, 0.05) is 93.3 Å². The van der Waals surface area contributed by atoms with E-state index in [1.54, 1.807) is 44.3 Å². The number of phenols is 1. The fourth-order valence-corrected chi connectivity index (χ4v) is 13.2. The van der Waals surface area contributed by atoms with Gasteiger partial charge in [0.1, 0.15) is 78.7 Å². The topological polar surface area (TPSA) is 618 Å². The van der Waals surface area contributed by atoms with E-state index in [-0.39, 0.29) is 139 Å². The van der Waals surface area contributed by atoms with Gasteiger partial charge in [0.2, 0.25) is 77.1 Å². The van der Waals surface area contributed by atoms with Gasteiger partial charge in [-0.3, -0.25) is 72.3 Å². The molecular weight excluding hydrogens is 1510 g/mol. The number of aliphatic hydroxyl groups excluding tert-OH is 2. The van der Waals surface area contributed by atoms with E-state index in [9.17, 15) is 72.9 Å². The van der Waals surface area contributed by atoms with Crippen LogP contribution in [0.15, 0.2) is 84.3 Å². The molecule has 5 aromatic rings. The van der Waals surface area contributed by atoms with E-state index in [0.29, 0.717) is 38.7 Å². The minimum absolute atomic E-state index is 0.0261. The third-order valence-electron chi connectivity index (χ3n) is 19.2. The Morgan fingerprint density at radius 2 is 1.36 bits per heavy atom. The van der Waals surface area contributed by atoms with Crippen molar-refractivity contribution in [2.24, 2.45) is 17.4 Å². The van der Waals surface area contributed by atoms with Gasteiger partial charge in [-0.25, -0.2) is 9.78 Å². The number of aliphatic hydroxyl groups is 2. The maximum atomic E-state index is 15.1. The molecule has 12 atom stereocenters. The van der Waals surface area contributed by atoms with E-state index in [1.165, 1.54) is 41.7 Å². The summed E-state index contributed by atoms with van der Waals surface area (Å²) < 4.78 is 40.9. The van der Waals surface area contributed by atoms with Crippen molar-refractivity contribution in [3.8, 4) is 5.75 Å². The molecule has 1 unspecified atom stereocenters. The zero-order valence-electron chi connectivity index (χ0n) is 63.2. The van der Waals surface area contributed by atoms with Crippen LogP contribution in [0.2, 0.25) is 0 Å². The molecule has 6 heterocycles. The zero-order chi connectivity index (χ0) is 83.6. The molecule has 23 N–H and O–H groups in total. The van der Waals surface area contributed by atoms with Gasteiger partial charge in [-0.15, -0.1) is 0 Å². The van der Waals surface area contributed by atoms with Crippen LogP contribution in [0.5, 0.6) is 5.75 Å². The molecule has 3 aromatic heterocycles. The second kappa shape index (κ2) is 42.1. The van der Waals surface area contributed by atoms with E-state index in [2.05, 4.69) is 78.4 Å². The molecular formula is C73H99F2N21O19. The quantitative estimate of drug-likeness (QED) is 0.00764. The van der Waals surface area contributed by atoms with Gasteiger partial charge in [0.05, 0.1) is 19.5 Å². The van der Waals surface area contributed by atoms with Crippen molar-refractivity contribution >= 4 is 99.5 Å². The van der Waals surface area contributed by atoms with Gasteiger partial charge in [-0.2, -0.15) is 13.8 Å². The summed E-state index contributed by atoms with van der Waals surface area (Å²) in [5.41, 5.74) is 17.0. The first kappa shape index (κ1) is 88.4. The molecule has 0 bridgehead atoms. The highest BCUT2D eigenvalue weighted by molar-refractivity contribution is 6.00. The van der Waals surface area contributed by atoms with Crippen LogP contribution in [-0.2, 0) is 91.1 Å². The Bertz CT molecular complexity index is 4340. The molecule has 3 aliphatic rings. The summed E-state index contributed by atoms with van der Waals surface area (Å²) in [5.74, 6) is -15.9. The van der Waals surface area contributed by atoms with Crippen LogP contribution in [0.1, 0.15) is 120 Å². The van der Waals surface area contributed by atoms with Crippen molar-refractivity contribution < 1.29 is 95.9 Å². The van der Waals surface area contributed by atoms with Crippen LogP contribution < -0.4 is 81.4 Å². The number of likely N-dealkylation sites (tertiary alicyclic amines) is 1. The molecule has 115 heavy (non-hydrogen) atoms. The number of nitrogen functional groups attached to an aromatic ring is 1. The Balaban J connectivity index is 0.997. The summed E-state index contributed by atoms with van der Waals surface area (Å²) in [7, 11) is 0. The number of esters is 1. The summed E-state index contributed by atoms with van der Waals surface area (Å²) in [6.07, 6.45) is -2.26. The normalized spacial score (nSPS) is 18.7. The number of imidazole rings is 1. The largest absolute Gasteiger partial charge is 0.508 e. The number of halogens is 2. The van der Waals surface area contributed by atoms with Crippen LogP contribution in [-0.4, -0.2) is 239 Å². The van der Waals surface area contributed by atoms with Crippen LogP contribution in [0, 0.1) is 11.3 Å². The second-order valence-corrected chi connectivity index (χ2v) is 28.5. The first-order valence-corrected chi connectivity index (χ1v) is 37.5. The number of alkyl halides is 2. The van der Waals surface area contributed by atoms with Crippen LogP contribution in [0.4, 0.5) is 14.6 Å². The van der Waals surface area contributed by atoms with E-state index in [0.717, 1.165) is 12.3 Å². The number of hydrogen-bond donors (Lipinski definition) is 20. The maximum absolute atomic E-state index is 15.1. The number of guanidine groups is 1. The second-order valence-electron chi connectivity index (χ2n) is 28.5. The Morgan fingerprint density at radius 1 is 0.722 bits per heavy atom. The van der Waals surface area contributed by atoms with E-state index in [4.69, 9.17) is 32.1 Å². The molecule has 3 fully saturated rings. The Kier molecular flexibility index (Phi) is 32.3.